The molecule has 4 nitrogen and oxygen atoms in total. The van der Waals surface area contributed by atoms with E-state index in [0.29, 0.717) is 23.7 Å². The van der Waals surface area contributed by atoms with Crippen molar-refractivity contribution in [1.29, 1.82) is 0 Å². The molecule has 3 aromatic rings. The fourth-order valence-electron chi connectivity index (χ4n) is 3.67. The van der Waals surface area contributed by atoms with Crippen LogP contribution in [0.1, 0.15) is 22.8 Å². The van der Waals surface area contributed by atoms with E-state index in [9.17, 15) is 9.90 Å². The Morgan fingerprint density at radius 1 is 0.844 bits per heavy atom. The number of amides is 1. The van der Waals surface area contributed by atoms with Gasteiger partial charge < -0.3 is 14.9 Å². The molecule has 3 aromatic carbocycles. The number of halogens is 2. The number of nitrogens with zero attached hydrogens (tertiary/aromatic N) is 2. The molecule has 1 saturated heterocycles. The van der Waals surface area contributed by atoms with Gasteiger partial charge in [-0.05, 0) is 55.3 Å². The number of aliphatic hydroxyl groups is 1. The Balaban J connectivity index is 0.000000352. The van der Waals surface area contributed by atoms with Gasteiger partial charge in [-0.3, -0.25) is 4.79 Å². The molecule has 0 saturated carbocycles. The lowest BCUT2D eigenvalue weighted by Gasteiger charge is -2.37. The number of rotatable bonds is 3. The molecule has 1 amide bonds. The number of aryl methyl sites for hydroxylation is 2. The maximum absolute atomic E-state index is 12.6. The third-order valence-corrected chi connectivity index (χ3v) is 5.90. The third-order valence-electron chi connectivity index (χ3n) is 5.43. The second-order valence-corrected chi connectivity index (χ2v) is 8.73. The fourth-order valence-corrected chi connectivity index (χ4v) is 4.09. The van der Waals surface area contributed by atoms with E-state index in [0.717, 1.165) is 29.4 Å². The SMILES string of the molecule is Cc1cc(Cl)ccc1N1CCN(C(=O)C(O)c2cccc(Cl)c2)CC1.Cc1ccccc1. The summed E-state index contributed by atoms with van der Waals surface area (Å²) < 4.78 is 0. The highest BCUT2D eigenvalue weighted by atomic mass is 35.5. The summed E-state index contributed by atoms with van der Waals surface area (Å²) in [6, 6.07) is 22.9. The van der Waals surface area contributed by atoms with E-state index in [2.05, 4.69) is 24.0 Å². The van der Waals surface area contributed by atoms with Gasteiger partial charge in [0.05, 0.1) is 0 Å². The molecule has 1 unspecified atom stereocenters. The topological polar surface area (TPSA) is 43.8 Å². The lowest BCUT2D eigenvalue weighted by atomic mass is 10.1. The Kier molecular flexibility index (Phi) is 8.57. The Morgan fingerprint density at radius 3 is 2.06 bits per heavy atom. The molecule has 1 N–H and O–H groups in total. The predicted octanol–water partition coefficient (Wildman–Crippen LogP) is 5.68. The maximum atomic E-state index is 12.6. The molecule has 1 aliphatic heterocycles. The van der Waals surface area contributed by atoms with Crippen LogP contribution >= 0.6 is 23.2 Å². The summed E-state index contributed by atoms with van der Waals surface area (Å²) in [7, 11) is 0. The van der Waals surface area contributed by atoms with E-state index in [4.69, 9.17) is 23.2 Å². The van der Waals surface area contributed by atoms with Crippen LogP contribution in [0.3, 0.4) is 0 Å². The zero-order valence-electron chi connectivity index (χ0n) is 18.3. The van der Waals surface area contributed by atoms with E-state index >= 15 is 0 Å². The summed E-state index contributed by atoms with van der Waals surface area (Å²) in [5.74, 6) is -0.283. The van der Waals surface area contributed by atoms with Crippen molar-refractivity contribution in [2.75, 3.05) is 31.1 Å². The summed E-state index contributed by atoms with van der Waals surface area (Å²) in [4.78, 5) is 16.5. The van der Waals surface area contributed by atoms with Gasteiger partial charge in [-0.2, -0.15) is 0 Å². The van der Waals surface area contributed by atoms with Crippen LogP contribution in [0.25, 0.3) is 0 Å². The molecule has 1 atom stereocenters. The molecule has 168 valence electrons. The van der Waals surface area contributed by atoms with E-state index in [1.54, 1.807) is 29.2 Å². The number of piperazine rings is 1. The quantitative estimate of drug-likeness (QED) is 0.535. The third kappa shape index (κ3) is 6.49. The van der Waals surface area contributed by atoms with Crippen LogP contribution in [0, 0.1) is 13.8 Å². The molecule has 0 aromatic heterocycles. The first-order chi connectivity index (χ1) is 15.3. The van der Waals surface area contributed by atoms with Crippen LogP contribution in [-0.2, 0) is 4.79 Å². The monoisotopic (exact) mass is 470 g/mol. The summed E-state index contributed by atoms with van der Waals surface area (Å²) in [6.07, 6.45) is -1.18. The van der Waals surface area contributed by atoms with Crippen molar-refractivity contribution in [2.45, 2.75) is 20.0 Å². The number of anilines is 1. The maximum Gasteiger partial charge on any atom is 0.256 e. The zero-order valence-corrected chi connectivity index (χ0v) is 19.9. The van der Waals surface area contributed by atoms with Crippen molar-refractivity contribution in [3.63, 3.8) is 0 Å². The van der Waals surface area contributed by atoms with Gasteiger partial charge >= 0.3 is 0 Å². The molecule has 6 heteroatoms. The molecule has 1 fully saturated rings. The van der Waals surface area contributed by atoms with Gasteiger partial charge in [0.15, 0.2) is 6.10 Å². The first kappa shape index (κ1) is 24.1. The Labute approximate surface area is 200 Å². The molecule has 32 heavy (non-hydrogen) atoms. The molecule has 4 rings (SSSR count). The largest absolute Gasteiger partial charge is 0.378 e. The predicted molar refractivity (Wildman–Crippen MR) is 133 cm³/mol. The van der Waals surface area contributed by atoms with Crippen LogP contribution in [0.4, 0.5) is 5.69 Å². The Hall–Kier alpha value is -2.53. The molecule has 1 heterocycles. The number of benzene rings is 3. The summed E-state index contributed by atoms with van der Waals surface area (Å²) in [5, 5.41) is 11.6. The van der Waals surface area contributed by atoms with Crippen molar-refractivity contribution >= 4 is 34.8 Å². The Morgan fingerprint density at radius 2 is 1.50 bits per heavy atom. The number of hydrogen-bond acceptors (Lipinski definition) is 3. The van der Waals surface area contributed by atoms with E-state index in [-0.39, 0.29) is 5.91 Å². The molecule has 0 bridgehead atoms. The van der Waals surface area contributed by atoms with Crippen molar-refractivity contribution < 1.29 is 9.90 Å². The van der Waals surface area contributed by atoms with Crippen molar-refractivity contribution in [3.8, 4) is 0 Å². The highest BCUT2D eigenvalue weighted by molar-refractivity contribution is 6.31. The molecule has 1 aliphatic rings. The van der Waals surface area contributed by atoms with Crippen LogP contribution < -0.4 is 4.90 Å². The van der Waals surface area contributed by atoms with Gasteiger partial charge in [0.1, 0.15) is 0 Å². The minimum Gasteiger partial charge on any atom is -0.378 e. The normalized spacial score (nSPS) is 14.4. The van der Waals surface area contributed by atoms with E-state index in [1.807, 2.05) is 43.3 Å². The van der Waals surface area contributed by atoms with Crippen molar-refractivity contribution in [1.82, 2.24) is 4.90 Å². The Bertz CT molecular complexity index is 1040. The number of carbonyl (C=O) groups excluding carboxylic acids is 1. The van der Waals surface area contributed by atoms with E-state index in [1.165, 1.54) is 5.56 Å². The van der Waals surface area contributed by atoms with Crippen molar-refractivity contribution in [3.05, 3.63) is 99.5 Å². The van der Waals surface area contributed by atoms with Crippen LogP contribution in [0.5, 0.6) is 0 Å². The van der Waals surface area contributed by atoms with Crippen LogP contribution in [-0.4, -0.2) is 42.1 Å². The lowest BCUT2D eigenvalue weighted by molar-refractivity contribution is -0.140. The van der Waals surface area contributed by atoms with Gasteiger partial charge in [-0.15, -0.1) is 0 Å². The molecule has 0 spiro atoms. The smallest absolute Gasteiger partial charge is 0.256 e. The molecule has 0 radical (unpaired) electrons. The molecular formula is C26H28Cl2N2O2. The number of hydrogen-bond donors (Lipinski definition) is 1. The summed E-state index contributed by atoms with van der Waals surface area (Å²) >= 11 is 12.0. The highest BCUT2D eigenvalue weighted by Crippen LogP contribution is 2.26. The van der Waals surface area contributed by atoms with Gasteiger partial charge in [0.2, 0.25) is 0 Å². The highest BCUT2D eigenvalue weighted by Gasteiger charge is 2.27. The van der Waals surface area contributed by atoms with Crippen molar-refractivity contribution in [2.24, 2.45) is 0 Å². The van der Waals surface area contributed by atoms with Gasteiger partial charge in [-0.1, -0.05) is 71.2 Å². The lowest BCUT2D eigenvalue weighted by Crippen LogP contribution is -2.50. The average molecular weight is 471 g/mol. The van der Waals surface area contributed by atoms with Crippen LogP contribution in [0.2, 0.25) is 10.0 Å². The number of aliphatic hydroxyl groups excluding tert-OH is 1. The molecule has 0 aliphatic carbocycles. The minimum atomic E-state index is -1.18. The zero-order chi connectivity index (χ0) is 23.1. The van der Waals surface area contributed by atoms with Gasteiger partial charge in [0, 0.05) is 41.9 Å². The van der Waals surface area contributed by atoms with Gasteiger partial charge in [0.25, 0.3) is 5.91 Å². The minimum absolute atomic E-state index is 0.283. The molecular weight excluding hydrogens is 443 g/mol. The standard InChI is InChI=1S/C19H20Cl2N2O2.C7H8/c1-13-11-16(21)5-6-17(13)22-7-9-23(10-8-22)19(25)18(24)14-3-2-4-15(20)12-14;1-7-5-3-2-4-6-7/h2-6,11-12,18,24H,7-10H2,1H3;2-6H,1H3. The second-order valence-electron chi connectivity index (χ2n) is 7.86. The number of carbonyl (C=O) groups is 1. The fraction of sp³-hybridized carbons (Fsp3) is 0.269. The average Bonchev–Trinajstić information content (AvgIpc) is 2.79. The first-order valence-electron chi connectivity index (χ1n) is 10.6. The first-order valence-corrected chi connectivity index (χ1v) is 11.4. The summed E-state index contributed by atoms with van der Waals surface area (Å²) in [6.45, 7) is 6.69. The van der Waals surface area contributed by atoms with E-state index < -0.39 is 6.10 Å². The second kappa shape index (κ2) is 11.4. The van der Waals surface area contributed by atoms with Crippen LogP contribution in [0.15, 0.2) is 72.8 Å². The summed E-state index contributed by atoms with van der Waals surface area (Å²) in [5.41, 5.74) is 4.09. The van der Waals surface area contributed by atoms with Gasteiger partial charge in [-0.25, -0.2) is 0 Å².